The first-order valence-corrected chi connectivity index (χ1v) is 5.77. The van der Waals surface area contributed by atoms with Crippen LogP contribution in [0.25, 0.3) is 0 Å². The summed E-state index contributed by atoms with van der Waals surface area (Å²) < 4.78 is 4.98. The molecule has 0 aliphatic rings. The van der Waals surface area contributed by atoms with Crippen LogP contribution in [0.2, 0.25) is 0 Å². The molecule has 1 aromatic rings. The highest BCUT2D eigenvalue weighted by Gasteiger charge is 1.96. The third-order valence-corrected chi connectivity index (χ3v) is 2.51. The highest BCUT2D eigenvalue weighted by atomic mass is 32.1. The van der Waals surface area contributed by atoms with Crippen LogP contribution in [-0.4, -0.2) is 25.2 Å². The standard InChI is InChI=1S/C12H18N2OS/c1-15-9-3-2-8-14-11-6-4-10(5-7-11)12(13)16/h4-7,14H,2-3,8-9H2,1H3,(H2,13,16). The maximum Gasteiger partial charge on any atom is 0.103 e. The third kappa shape index (κ3) is 4.59. The van der Waals surface area contributed by atoms with Crippen LogP contribution >= 0.6 is 12.2 Å². The lowest BCUT2D eigenvalue weighted by Crippen LogP contribution is -2.09. The fourth-order valence-corrected chi connectivity index (χ4v) is 1.49. The lowest BCUT2D eigenvalue weighted by molar-refractivity contribution is 0.194. The van der Waals surface area contributed by atoms with Crippen LogP contribution in [0.15, 0.2) is 24.3 Å². The van der Waals surface area contributed by atoms with Gasteiger partial charge in [0.15, 0.2) is 0 Å². The minimum absolute atomic E-state index is 0.437. The zero-order valence-corrected chi connectivity index (χ0v) is 10.3. The van der Waals surface area contributed by atoms with Gasteiger partial charge in [0.2, 0.25) is 0 Å². The van der Waals surface area contributed by atoms with E-state index in [-0.39, 0.29) is 0 Å². The first kappa shape index (κ1) is 12.9. The van der Waals surface area contributed by atoms with E-state index in [2.05, 4.69) is 5.32 Å². The predicted octanol–water partition coefficient (Wildman–Crippen LogP) is 2.16. The second kappa shape index (κ2) is 7.19. The van der Waals surface area contributed by atoms with Gasteiger partial charge in [-0.25, -0.2) is 0 Å². The molecular weight excluding hydrogens is 220 g/mol. The lowest BCUT2D eigenvalue weighted by atomic mass is 10.2. The molecule has 0 unspecified atom stereocenters. The molecule has 0 fully saturated rings. The van der Waals surface area contributed by atoms with E-state index < -0.39 is 0 Å². The Bertz CT molecular complexity index is 324. The number of nitrogens with two attached hydrogens (primary N) is 1. The SMILES string of the molecule is COCCCCNc1ccc(C(N)=S)cc1. The van der Waals surface area contributed by atoms with Crippen molar-refractivity contribution in [1.82, 2.24) is 0 Å². The van der Waals surface area contributed by atoms with Gasteiger partial charge in [0.05, 0.1) is 0 Å². The maximum atomic E-state index is 5.52. The van der Waals surface area contributed by atoms with Gasteiger partial charge < -0.3 is 15.8 Å². The average Bonchev–Trinajstić information content (AvgIpc) is 2.29. The molecule has 0 spiro atoms. The molecule has 1 rings (SSSR count). The number of benzene rings is 1. The molecule has 3 nitrogen and oxygen atoms in total. The Hall–Kier alpha value is -1.13. The van der Waals surface area contributed by atoms with Crippen LogP contribution in [0.5, 0.6) is 0 Å². The number of anilines is 1. The zero-order chi connectivity index (χ0) is 11.8. The summed E-state index contributed by atoms with van der Waals surface area (Å²) in [7, 11) is 1.72. The Morgan fingerprint density at radius 3 is 2.56 bits per heavy atom. The Labute approximate surface area is 102 Å². The van der Waals surface area contributed by atoms with Gasteiger partial charge in [-0.15, -0.1) is 0 Å². The average molecular weight is 238 g/mol. The van der Waals surface area contributed by atoms with E-state index in [1.165, 1.54) is 0 Å². The van der Waals surface area contributed by atoms with E-state index in [1.54, 1.807) is 7.11 Å². The Balaban J connectivity index is 2.29. The van der Waals surface area contributed by atoms with Crippen molar-refractivity contribution in [3.05, 3.63) is 29.8 Å². The summed E-state index contributed by atoms with van der Waals surface area (Å²) in [6, 6.07) is 7.84. The zero-order valence-electron chi connectivity index (χ0n) is 9.53. The Morgan fingerprint density at radius 2 is 2.00 bits per heavy atom. The normalized spacial score (nSPS) is 10.1. The monoisotopic (exact) mass is 238 g/mol. The Kier molecular flexibility index (Phi) is 5.82. The topological polar surface area (TPSA) is 47.3 Å². The first-order chi connectivity index (χ1) is 7.74. The number of thiocarbonyl (C=S) groups is 1. The number of rotatable bonds is 7. The molecule has 0 radical (unpaired) electrons. The summed E-state index contributed by atoms with van der Waals surface area (Å²) in [5.74, 6) is 0. The molecular formula is C12H18N2OS. The molecule has 16 heavy (non-hydrogen) atoms. The predicted molar refractivity (Wildman–Crippen MR) is 71.9 cm³/mol. The highest BCUT2D eigenvalue weighted by molar-refractivity contribution is 7.80. The summed E-state index contributed by atoms with van der Waals surface area (Å²) in [6.07, 6.45) is 2.18. The summed E-state index contributed by atoms with van der Waals surface area (Å²) in [5, 5.41) is 3.33. The molecule has 0 saturated heterocycles. The second-order valence-electron chi connectivity index (χ2n) is 3.57. The van der Waals surface area contributed by atoms with E-state index in [4.69, 9.17) is 22.7 Å². The fraction of sp³-hybridized carbons (Fsp3) is 0.417. The number of unbranched alkanes of at least 4 members (excludes halogenated alkanes) is 1. The molecule has 0 bridgehead atoms. The minimum atomic E-state index is 0.437. The van der Waals surface area contributed by atoms with Gasteiger partial charge in [0.25, 0.3) is 0 Å². The lowest BCUT2D eigenvalue weighted by Gasteiger charge is -2.06. The number of hydrogen-bond acceptors (Lipinski definition) is 3. The Morgan fingerprint density at radius 1 is 1.31 bits per heavy atom. The molecule has 0 saturated carbocycles. The van der Waals surface area contributed by atoms with E-state index >= 15 is 0 Å². The van der Waals surface area contributed by atoms with Crippen molar-refractivity contribution in [2.24, 2.45) is 5.73 Å². The van der Waals surface area contributed by atoms with Crippen LogP contribution in [-0.2, 0) is 4.74 Å². The van der Waals surface area contributed by atoms with Gasteiger partial charge in [-0.3, -0.25) is 0 Å². The van der Waals surface area contributed by atoms with Crippen LogP contribution in [0.3, 0.4) is 0 Å². The van der Waals surface area contributed by atoms with Crippen molar-refractivity contribution in [2.45, 2.75) is 12.8 Å². The van der Waals surface area contributed by atoms with E-state index in [0.29, 0.717) is 4.99 Å². The number of nitrogens with one attached hydrogen (secondary N) is 1. The van der Waals surface area contributed by atoms with Crippen LogP contribution in [0, 0.1) is 0 Å². The summed E-state index contributed by atoms with van der Waals surface area (Å²) >= 11 is 4.88. The molecule has 0 amide bonds. The van der Waals surface area contributed by atoms with Gasteiger partial charge in [0, 0.05) is 31.5 Å². The molecule has 0 aromatic heterocycles. The van der Waals surface area contributed by atoms with Gasteiger partial charge in [-0.2, -0.15) is 0 Å². The highest BCUT2D eigenvalue weighted by Crippen LogP contribution is 2.09. The first-order valence-electron chi connectivity index (χ1n) is 5.36. The van der Waals surface area contributed by atoms with Crippen molar-refractivity contribution in [3.8, 4) is 0 Å². The number of methoxy groups -OCH3 is 1. The summed E-state index contributed by atoms with van der Waals surface area (Å²) in [5.41, 5.74) is 7.51. The van der Waals surface area contributed by atoms with Crippen molar-refractivity contribution in [1.29, 1.82) is 0 Å². The van der Waals surface area contributed by atoms with Crippen molar-refractivity contribution in [2.75, 3.05) is 25.6 Å². The quantitative estimate of drug-likeness (QED) is 0.564. The van der Waals surface area contributed by atoms with Crippen molar-refractivity contribution < 1.29 is 4.74 Å². The molecule has 88 valence electrons. The van der Waals surface area contributed by atoms with Gasteiger partial charge in [0.1, 0.15) is 4.99 Å². The molecule has 0 atom stereocenters. The van der Waals surface area contributed by atoms with Gasteiger partial charge >= 0.3 is 0 Å². The third-order valence-electron chi connectivity index (χ3n) is 2.27. The molecule has 3 N–H and O–H groups in total. The summed E-state index contributed by atoms with van der Waals surface area (Å²) in [6.45, 7) is 1.78. The van der Waals surface area contributed by atoms with Gasteiger partial charge in [-0.05, 0) is 37.1 Å². The van der Waals surface area contributed by atoms with Crippen molar-refractivity contribution >= 4 is 22.9 Å². The molecule has 0 aliphatic carbocycles. The fourth-order valence-electron chi connectivity index (χ4n) is 1.36. The molecule has 0 heterocycles. The van der Waals surface area contributed by atoms with Crippen LogP contribution < -0.4 is 11.1 Å². The molecule has 0 aliphatic heterocycles. The summed E-state index contributed by atoms with van der Waals surface area (Å²) in [4.78, 5) is 0.437. The van der Waals surface area contributed by atoms with Gasteiger partial charge in [-0.1, -0.05) is 12.2 Å². The molecule has 1 aromatic carbocycles. The van der Waals surface area contributed by atoms with Crippen LogP contribution in [0.1, 0.15) is 18.4 Å². The number of ether oxygens (including phenoxy) is 1. The van der Waals surface area contributed by atoms with E-state index in [0.717, 1.165) is 37.2 Å². The molecule has 4 heteroatoms. The number of hydrogen-bond donors (Lipinski definition) is 2. The largest absolute Gasteiger partial charge is 0.389 e. The smallest absolute Gasteiger partial charge is 0.103 e. The van der Waals surface area contributed by atoms with E-state index in [1.807, 2.05) is 24.3 Å². The second-order valence-corrected chi connectivity index (χ2v) is 4.01. The maximum absolute atomic E-state index is 5.52. The van der Waals surface area contributed by atoms with Crippen LogP contribution in [0.4, 0.5) is 5.69 Å². The minimum Gasteiger partial charge on any atom is -0.389 e. The van der Waals surface area contributed by atoms with E-state index in [9.17, 15) is 0 Å². The van der Waals surface area contributed by atoms with Crippen molar-refractivity contribution in [3.63, 3.8) is 0 Å².